The minimum Gasteiger partial charge on any atom is -0.329 e. The van der Waals surface area contributed by atoms with Gasteiger partial charge in [0.25, 0.3) is 5.56 Å². The molecule has 1 saturated heterocycles. The van der Waals surface area contributed by atoms with Gasteiger partial charge in [0.1, 0.15) is 0 Å². The Morgan fingerprint density at radius 1 is 1.54 bits per heavy atom. The molecule has 0 spiro atoms. The van der Waals surface area contributed by atoms with Gasteiger partial charge in [0.2, 0.25) is 0 Å². The molecule has 2 rings (SSSR count). The van der Waals surface area contributed by atoms with Crippen molar-refractivity contribution in [3.63, 3.8) is 0 Å². The molecule has 3 nitrogen and oxygen atoms in total. The number of aromatic nitrogens is 1. The van der Waals surface area contributed by atoms with Gasteiger partial charge in [-0.25, -0.2) is 0 Å². The molecular weight excluding hydrogens is 164 g/mol. The van der Waals surface area contributed by atoms with Crippen molar-refractivity contribution in [3.05, 3.63) is 33.7 Å². The third-order valence-electron chi connectivity index (χ3n) is 2.57. The summed E-state index contributed by atoms with van der Waals surface area (Å²) in [5.74, 6) is 0. The molecule has 1 aromatic rings. The first-order valence-corrected chi connectivity index (χ1v) is 4.70. The van der Waals surface area contributed by atoms with Gasteiger partial charge in [0.05, 0.1) is 0 Å². The van der Waals surface area contributed by atoms with E-state index in [0.717, 1.165) is 12.1 Å². The molecule has 13 heavy (non-hydrogen) atoms. The smallest absolute Gasteiger partial charge is 0.250 e. The second kappa shape index (κ2) is 3.34. The van der Waals surface area contributed by atoms with Crippen LogP contribution in [0, 0.1) is 6.92 Å². The molecule has 1 fully saturated rings. The van der Waals surface area contributed by atoms with Crippen molar-refractivity contribution in [2.45, 2.75) is 25.8 Å². The van der Waals surface area contributed by atoms with Gasteiger partial charge >= 0.3 is 0 Å². The standard InChI is InChI=1S/C10H14N2O/c1-7-5-8(6-12-10(7)13)9-3-2-4-11-9/h5-6,9,11H,2-4H2,1H3,(H,12,13)/t9-/m1/s1. The summed E-state index contributed by atoms with van der Waals surface area (Å²) < 4.78 is 0. The van der Waals surface area contributed by atoms with Gasteiger partial charge in [-0.15, -0.1) is 0 Å². The zero-order chi connectivity index (χ0) is 9.26. The zero-order valence-electron chi connectivity index (χ0n) is 7.76. The number of aromatic amines is 1. The third kappa shape index (κ3) is 1.65. The number of nitrogens with one attached hydrogen (secondary N) is 2. The second-order valence-corrected chi connectivity index (χ2v) is 3.59. The summed E-state index contributed by atoms with van der Waals surface area (Å²) in [5.41, 5.74) is 2.02. The van der Waals surface area contributed by atoms with E-state index in [1.54, 1.807) is 0 Å². The van der Waals surface area contributed by atoms with Gasteiger partial charge in [0, 0.05) is 17.8 Å². The van der Waals surface area contributed by atoms with Crippen molar-refractivity contribution < 1.29 is 0 Å². The average molecular weight is 178 g/mol. The fourth-order valence-electron chi connectivity index (χ4n) is 1.79. The van der Waals surface area contributed by atoms with Crippen molar-refractivity contribution in [2.75, 3.05) is 6.54 Å². The minimum atomic E-state index is 0.0155. The van der Waals surface area contributed by atoms with Gasteiger partial charge in [-0.1, -0.05) is 0 Å². The molecule has 1 atom stereocenters. The molecule has 1 aliphatic heterocycles. The van der Waals surface area contributed by atoms with E-state index in [2.05, 4.69) is 10.3 Å². The molecular formula is C10H14N2O. The Bertz CT molecular complexity index is 350. The van der Waals surface area contributed by atoms with Crippen LogP contribution in [0.25, 0.3) is 0 Å². The third-order valence-corrected chi connectivity index (χ3v) is 2.57. The lowest BCUT2D eigenvalue weighted by Gasteiger charge is -2.09. The Balaban J connectivity index is 2.30. The lowest BCUT2D eigenvalue weighted by Crippen LogP contribution is -2.16. The van der Waals surface area contributed by atoms with E-state index in [1.807, 2.05) is 19.2 Å². The van der Waals surface area contributed by atoms with Crippen LogP contribution >= 0.6 is 0 Å². The largest absolute Gasteiger partial charge is 0.329 e. The van der Waals surface area contributed by atoms with E-state index in [9.17, 15) is 4.79 Å². The van der Waals surface area contributed by atoms with Gasteiger partial charge in [-0.3, -0.25) is 4.79 Å². The van der Waals surface area contributed by atoms with Gasteiger partial charge in [-0.05, 0) is 37.9 Å². The van der Waals surface area contributed by atoms with Crippen LogP contribution in [-0.2, 0) is 0 Å². The van der Waals surface area contributed by atoms with E-state index in [-0.39, 0.29) is 5.56 Å². The average Bonchev–Trinajstić information content (AvgIpc) is 2.62. The molecule has 0 unspecified atom stereocenters. The predicted octanol–water partition coefficient (Wildman–Crippen LogP) is 1.11. The highest BCUT2D eigenvalue weighted by atomic mass is 16.1. The van der Waals surface area contributed by atoms with E-state index in [0.29, 0.717) is 6.04 Å². The van der Waals surface area contributed by atoms with Gasteiger partial charge < -0.3 is 10.3 Å². The highest BCUT2D eigenvalue weighted by Crippen LogP contribution is 2.21. The van der Waals surface area contributed by atoms with Crippen LogP contribution in [0.1, 0.15) is 30.0 Å². The van der Waals surface area contributed by atoms with Crippen molar-refractivity contribution in [1.82, 2.24) is 10.3 Å². The minimum absolute atomic E-state index is 0.0155. The first-order valence-electron chi connectivity index (χ1n) is 4.70. The normalized spacial score (nSPS) is 22.1. The van der Waals surface area contributed by atoms with Crippen molar-refractivity contribution in [3.8, 4) is 0 Å². The van der Waals surface area contributed by atoms with Crippen LogP contribution in [0.4, 0.5) is 0 Å². The van der Waals surface area contributed by atoms with Crippen LogP contribution in [0.2, 0.25) is 0 Å². The maximum atomic E-state index is 11.1. The van der Waals surface area contributed by atoms with Crippen molar-refractivity contribution in [1.29, 1.82) is 0 Å². The first-order chi connectivity index (χ1) is 6.27. The summed E-state index contributed by atoms with van der Waals surface area (Å²) in [7, 11) is 0. The maximum absolute atomic E-state index is 11.1. The molecule has 3 heteroatoms. The predicted molar refractivity (Wildman–Crippen MR) is 51.8 cm³/mol. The lowest BCUT2D eigenvalue weighted by molar-refractivity contribution is 0.643. The summed E-state index contributed by atoms with van der Waals surface area (Å²) in [4.78, 5) is 13.9. The maximum Gasteiger partial charge on any atom is 0.250 e. The second-order valence-electron chi connectivity index (χ2n) is 3.59. The van der Waals surface area contributed by atoms with Crippen LogP contribution < -0.4 is 10.9 Å². The molecule has 0 bridgehead atoms. The van der Waals surface area contributed by atoms with Crippen LogP contribution in [0.5, 0.6) is 0 Å². The molecule has 1 aromatic heterocycles. The molecule has 0 saturated carbocycles. The quantitative estimate of drug-likeness (QED) is 0.676. The lowest BCUT2D eigenvalue weighted by atomic mass is 10.1. The van der Waals surface area contributed by atoms with Crippen LogP contribution in [0.15, 0.2) is 17.1 Å². The van der Waals surface area contributed by atoms with E-state index >= 15 is 0 Å². The molecule has 0 aliphatic carbocycles. The molecule has 70 valence electrons. The molecule has 0 amide bonds. The van der Waals surface area contributed by atoms with Crippen LogP contribution in [-0.4, -0.2) is 11.5 Å². The number of pyridine rings is 1. The summed E-state index contributed by atoms with van der Waals surface area (Å²) in [5, 5.41) is 3.40. The highest BCUT2D eigenvalue weighted by molar-refractivity contribution is 5.20. The molecule has 1 aliphatic rings. The zero-order valence-corrected chi connectivity index (χ0v) is 7.76. The van der Waals surface area contributed by atoms with E-state index in [1.165, 1.54) is 18.4 Å². The fourth-order valence-corrected chi connectivity index (χ4v) is 1.79. The van der Waals surface area contributed by atoms with Gasteiger partial charge in [0.15, 0.2) is 0 Å². The van der Waals surface area contributed by atoms with Crippen LogP contribution in [0.3, 0.4) is 0 Å². The molecule has 0 radical (unpaired) electrons. The highest BCUT2D eigenvalue weighted by Gasteiger charge is 2.16. The Labute approximate surface area is 77.2 Å². The molecule has 2 N–H and O–H groups in total. The molecule has 0 aromatic carbocycles. The molecule has 2 heterocycles. The number of rotatable bonds is 1. The summed E-state index contributed by atoms with van der Waals surface area (Å²) >= 11 is 0. The number of aryl methyl sites for hydroxylation is 1. The van der Waals surface area contributed by atoms with Crippen molar-refractivity contribution >= 4 is 0 Å². The van der Waals surface area contributed by atoms with E-state index < -0.39 is 0 Å². The number of hydrogen-bond acceptors (Lipinski definition) is 2. The Hall–Kier alpha value is -1.09. The Morgan fingerprint density at radius 2 is 2.38 bits per heavy atom. The van der Waals surface area contributed by atoms with Gasteiger partial charge in [-0.2, -0.15) is 0 Å². The van der Waals surface area contributed by atoms with E-state index in [4.69, 9.17) is 0 Å². The first kappa shape index (κ1) is 8.51. The fraction of sp³-hybridized carbons (Fsp3) is 0.500. The van der Waals surface area contributed by atoms with Crippen molar-refractivity contribution in [2.24, 2.45) is 0 Å². The number of H-pyrrole nitrogens is 1. The Morgan fingerprint density at radius 3 is 3.00 bits per heavy atom. The Kier molecular flexibility index (Phi) is 2.19. The SMILES string of the molecule is Cc1cc([C@H]2CCCN2)c[nH]c1=O. The summed E-state index contributed by atoms with van der Waals surface area (Å²) in [6.45, 7) is 2.93. The topological polar surface area (TPSA) is 44.9 Å². The number of hydrogen-bond donors (Lipinski definition) is 2. The summed E-state index contributed by atoms with van der Waals surface area (Å²) in [6.07, 6.45) is 4.21. The monoisotopic (exact) mass is 178 g/mol. The summed E-state index contributed by atoms with van der Waals surface area (Å²) in [6, 6.07) is 2.41.